The summed E-state index contributed by atoms with van der Waals surface area (Å²) in [4.78, 5) is 11.6. The molecular weight excluding hydrogens is 240 g/mol. The first-order valence-electron chi connectivity index (χ1n) is 6.61. The van der Waals surface area contributed by atoms with Crippen molar-refractivity contribution in [1.82, 2.24) is 10.6 Å². The minimum Gasteiger partial charge on any atom is -0.508 e. The maximum absolute atomic E-state index is 11.6. The van der Waals surface area contributed by atoms with Gasteiger partial charge in [-0.3, -0.25) is 4.79 Å². The molecule has 0 spiro atoms. The number of nitrogens with one attached hydrogen (secondary N) is 2. The number of phenols is 1. The second-order valence-corrected chi connectivity index (χ2v) is 5.82. The Morgan fingerprint density at radius 3 is 2.37 bits per heavy atom. The van der Waals surface area contributed by atoms with E-state index in [1.807, 2.05) is 39.8 Å². The molecule has 1 aromatic carbocycles. The highest BCUT2D eigenvalue weighted by Gasteiger charge is 2.13. The van der Waals surface area contributed by atoms with Gasteiger partial charge in [-0.15, -0.1) is 0 Å². The number of benzene rings is 1. The molecule has 0 radical (unpaired) electrons. The van der Waals surface area contributed by atoms with Crippen molar-refractivity contribution in [2.24, 2.45) is 0 Å². The first kappa shape index (κ1) is 15.5. The van der Waals surface area contributed by atoms with Crippen molar-refractivity contribution < 1.29 is 9.90 Å². The van der Waals surface area contributed by atoms with Crippen LogP contribution in [0, 0.1) is 0 Å². The van der Waals surface area contributed by atoms with Crippen LogP contribution in [0.25, 0.3) is 0 Å². The van der Waals surface area contributed by atoms with Gasteiger partial charge in [-0.25, -0.2) is 0 Å². The SMILES string of the molecule is CC(NCCC(=O)NC(C)(C)C)c1ccc(O)cc1. The average molecular weight is 264 g/mol. The Morgan fingerprint density at radius 2 is 1.84 bits per heavy atom. The van der Waals surface area contributed by atoms with Gasteiger partial charge in [0.2, 0.25) is 5.91 Å². The van der Waals surface area contributed by atoms with Gasteiger partial charge in [0.1, 0.15) is 5.75 Å². The Bertz CT molecular complexity index is 407. The van der Waals surface area contributed by atoms with Crippen LogP contribution in [0.2, 0.25) is 0 Å². The lowest BCUT2D eigenvalue weighted by Crippen LogP contribution is -2.41. The smallest absolute Gasteiger partial charge is 0.221 e. The highest BCUT2D eigenvalue weighted by Crippen LogP contribution is 2.16. The van der Waals surface area contributed by atoms with E-state index < -0.39 is 0 Å². The minimum absolute atomic E-state index is 0.0536. The molecule has 4 nitrogen and oxygen atoms in total. The standard InChI is InChI=1S/C15H24N2O2/c1-11(12-5-7-13(18)8-6-12)16-10-9-14(19)17-15(2,3)4/h5-8,11,16,18H,9-10H2,1-4H3,(H,17,19). The van der Waals surface area contributed by atoms with Crippen LogP contribution in [0.5, 0.6) is 5.75 Å². The molecule has 1 amide bonds. The topological polar surface area (TPSA) is 61.4 Å². The third-order valence-electron chi connectivity index (χ3n) is 2.71. The van der Waals surface area contributed by atoms with Crippen LogP contribution in [-0.4, -0.2) is 23.1 Å². The molecule has 4 heteroatoms. The largest absolute Gasteiger partial charge is 0.508 e. The van der Waals surface area contributed by atoms with Crippen molar-refractivity contribution in [2.45, 2.75) is 45.7 Å². The number of phenolic OH excluding ortho intramolecular Hbond substituents is 1. The molecule has 3 N–H and O–H groups in total. The second-order valence-electron chi connectivity index (χ2n) is 5.82. The predicted molar refractivity (Wildman–Crippen MR) is 77.0 cm³/mol. The predicted octanol–water partition coefficient (Wildman–Crippen LogP) is 2.35. The van der Waals surface area contributed by atoms with Crippen molar-refractivity contribution in [2.75, 3.05) is 6.54 Å². The fraction of sp³-hybridized carbons (Fsp3) is 0.533. The maximum Gasteiger partial charge on any atom is 0.221 e. The van der Waals surface area contributed by atoms with Gasteiger partial charge in [0.05, 0.1) is 0 Å². The normalized spacial score (nSPS) is 13.1. The van der Waals surface area contributed by atoms with E-state index in [1.54, 1.807) is 12.1 Å². The fourth-order valence-electron chi connectivity index (χ4n) is 1.76. The number of carbonyl (C=O) groups excluding carboxylic acids is 1. The molecule has 1 aromatic rings. The summed E-state index contributed by atoms with van der Waals surface area (Å²) in [6.07, 6.45) is 0.458. The van der Waals surface area contributed by atoms with Crippen molar-refractivity contribution in [3.63, 3.8) is 0 Å². The summed E-state index contributed by atoms with van der Waals surface area (Å²) in [5.74, 6) is 0.318. The van der Waals surface area contributed by atoms with E-state index in [0.717, 1.165) is 5.56 Å². The Labute approximate surface area is 115 Å². The molecule has 1 atom stereocenters. The van der Waals surface area contributed by atoms with Gasteiger partial charge in [0.25, 0.3) is 0 Å². The highest BCUT2D eigenvalue weighted by atomic mass is 16.3. The molecule has 0 bridgehead atoms. The molecule has 0 saturated heterocycles. The van der Waals surface area contributed by atoms with Gasteiger partial charge >= 0.3 is 0 Å². The zero-order chi connectivity index (χ0) is 14.5. The zero-order valence-electron chi connectivity index (χ0n) is 12.2. The third-order valence-corrected chi connectivity index (χ3v) is 2.71. The van der Waals surface area contributed by atoms with Gasteiger partial charge < -0.3 is 15.7 Å². The summed E-state index contributed by atoms with van der Waals surface area (Å²) in [6.45, 7) is 8.57. The van der Waals surface area contributed by atoms with Crippen LogP contribution >= 0.6 is 0 Å². The van der Waals surface area contributed by atoms with Crippen molar-refractivity contribution in [1.29, 1.82) is 0 Å². The molecule has 0 aliphatic rings. The van der Waals surface area contributed by atoms with E-state index in [-0.39, 0.29) is 23.2 Å². The molecule has 0 aliphatic carbocycles. The first-order chi connectivity index (χ1) is 8.78. The highest BCUT2D eigenvalue weighted by molar-refractivity contribution is 5.76. The average Bonchev–Trinajstić information content (AvgIpc) is 2.27. The fourth-order valence-corrected chi connectivity index (χ4v) is 1.76. The van der Waals surface area contributed by atoms with Crippen LogP contribution in [0.15, 0.2) is 24.3 Å². The minimum atomic E-state index is -0.181. The Hall–Kier alpha value is -1.55. The number of hydrogen-bond donors (Lipinski definition) is 3. The van der Waals surface area contributed by atoms with E-state index in [2.05, 4.69) is 10.6 Å². The van der Waals surface area contributed by atoms with E-state index in [4.69, 9.17) is 0 Å². The van der Waals surface area contributed by atoms with E-state index in [9.17, 15) is 9.90 Å². The van der Waals surface area contributed by atoms with Crippen molar-refractivity contribution >= 4 is 5.91 Å². The van der Waals surface area contributed by atoms with Crippen molar-refractivity contribution in [3.8, 4) is 5.75 Å². The number of hydrogen-bond acceptors (Lipinski definition) is 3. The summed E-state index contributed by atoms with van der Waals surface area (Å²) in [7, 11) is 0. The van der Waals surface area contributed by atoms with Gasteiger partial charge in [-0.2, -0.15) is 0 Å². The number of rotatable bonds is 5. The zero-order valence-corrected chi connectivity index (χ0v) is 12.2. The van der Waals surface area contributed by atoms with Crippen LogP contribution in [0.4, 0.5) is 0 Å². The number of amides is 1. The molecular formula is C15H24N2O2. The summed E-state index contributed by atoms with van der Waals surface area (Å²) in [6, 6.07) is 7.24. The third kappa shape index (κ3) is 6.25. The Kier molecular flexibility index (Phi) is 5.36. The number of aromatic hydroxyl groups is 1. The van der Waals surface area contributed by atoms with E-state index in [0.29, 0.717) is 13.0 Å². The number of carbonyl (C=O) groups is 1. The lowest BCUT2D eigenvalue weighted by molar-refractivity contribution is -0.122. The first-order valence-corrected chi connectivity index (χ1v) is 6.61. The van der Waals surface area contributed by atoms with Crippen molar-refractivity contribution in [3.05, 3.63) is 29.8 Å². The molecule has 1 rings (SSSR count). The van der Waals surface area contributed by atoms with E-state index >= 15 is 0 Å². The van der Waals surface area contributed by atoms with Crippen LogP contribution < -0.4 is 10.6 Å². The van der Waals surface area contributed by atoms with Gasteiger partial charge in [-0.05, 0) is 45.4 Å². The summed E-state index contributed by atoms with van der Waals surface area (Å²) < 4.78 is 0. The molecule has 0 heterocycles. The van der Waals surface area contributed by atoms with Gasteiger partial charge in [-0.1, -0.05) is 12.1 Å². The molecule has 19 heavy (non-hydrogen) atoms. The lowest BCUT2D eigenvalue weighted by atomic mass is 10.1. The van der Waals surface area contributed by atoms with E-state index in [1.165, 1.54) is 0 Å². The molecule has 106 valence electrons. The lowest BCUT2D eigenvalue weighted by Gasteiger charge is -2.21. The van der Waals surface area contributed by atoms with Gasteiger partial charge in [0.15, 0.2) is 0 Å². The Balaban J connectivity index is 2.33. The quantitative estimate of drug-likeness (QED) is 0.765. The molecule has 0 aromatic heterocycles. The van der Waals surface area contributed by atoms with Crippen LogP contribution in [0.1, 0.15) is 45.7 Å². The molecule has 0 fully saturated rings. The molecule has 0 aliphatic heterocycles. The summed E-state index contributed by atoms with van der Waals surface area (Å²) in [5, 5.41) is 15.4. The van der Waals surface area contributed by atoms with Crippen LogP contribution in [0.3, 0.4) is 0 Å². The molecule has 1 unspecified atom stereocenters. The summed E-state index contributed by atoms with van der Waals surface area (Å²) in [5.41, 5.74) is 0.911. The monoisotopic (exact) mass is 264 g/mol. The maximum atomic E-state index is 11.6. The molecule has 0 saturated carbocycles. The van der Waals surface area contributed by atoms with Gasteiger partial charge in [0, 0.05) is 24.5 Å². The Morgan fingerprint density at radius 1 is 1.26 bits per heavy atom. The summed E-state index contributed by atoms with van der Waals surface area (Å²) >= 11 is 0. The van der Waals surface area contributed by atoms with Crippen LogP contribution in [-0.2, 0) is 4.79 Å². The second kappa shape index (κ2) is 6.57.